The Kier molecular flexibility index (Phi) is 4.83. The molecule has 0 aliphatic carbocycles. The van der Waals surface area contributed by atoms with Crippen molar-refractivity contribution in [3.8, 4) is 0 Å². The summed E-state index contributed by atoms with van der Waals surface area (Å²) in [6, 6.07) is -0.329. The molecule has 0 spiro atoms. The number of nitrogens with two attached hydrogens (primary N) is 1. The predicted molar refractivity (Wildman–Crippen MR) is 51.9 cm³/mol. The Hall–Kier alpha value is -0.630. The van der Waals surface area contributed by atoms with Gasteiger partial charge in [0, 0.05) is 0 Å². The van der Waals surface area contributed by atoms with Gasteiger partial charge in [0.25, 0.3) is 0 Å². The molecule has 0 fully saturated rings. The highest BCUT2D eigenvalue weighted by molar-refractivity contribution is 5.94. The van der Waals surface area contributed by atoms with Crippen LogP contribution in [0.4, 0.5) is 0 Å². The van der Waals surface area contributed by atoms with Crippen molar-refractivity contribution in [1.29, 1.82) is 0 Å². The van der Waals surface area contributed by atoms with Crippen LogP contribution in [0.5, 0.6) is 0 Å². The van der Waals surface area contributed by atoms with E-state index in [-0.39, 0.29) is 17.7 Å². The predicted octanol–water partition coefficient (Wildman–Crippen LogP) is 1.90. The average molecular weight is 169 g/mol. The third-order valence-corrected chi connectivity index (χ3v) is 2.02. The minimum absolute atomic E-state index is 0.0457. The molecule has 2 atom stereocenters. The molecular weight excluding hydrogens is 150 g/mol. The van der Waals surface area contributed by atoms with Crippen molar-refractivity contribution in [3.05, 3.63) is 11.6 Å². The SMILES string of the molecule is CCC(C)C(N)C(=O)C=C(C)C. The molecule has 0 rings (SSSR count). The first kappa shape index (κ1) is 11.4. The van der Waals surface area contributed by atoms with Gasteiger partial charge in [0.15, 0.2) is 5.78 Å². The summed E-state index contributed by atoms with van der Waals surface area (Å²) in [7, 11) is 0. The molecule has 0 saturated carbocycles. The van der Waals surface area contributed by atoms with Gasteiger partial charge in [-0.1, -0.05) is 25.8 Å². The van der Waals surface area contributed by atoms with Crippen LogP contribution < -0.4 is 5.73 Å². The van der Waals surface area contributed by atoms with E-state index < -0.39 is 0 Å². The van der Waals surface area contributed by atoms with Crippen LogP contribution in [-0.4, -0.2) is 11.8 Å². The largest absolute Gasteiger partial charge is 0.321 e. The normalized spacial score (nSPS) is 15.1. The molecule has 0 bridgehead atoms. The topological polar surface area (TPSA) is 43.1 Å². The zero-order valence-corrected chi connectivity index (χ0v) is 8.42. The molecule has 0 aliphatic rings. The molecule has 12 heavy (non-hydrogen) atoms. The third-order valence-electron chi connectivity index (χ3n) is 2.02. The second kappa shape index (κ2) is 5.09. The van der Waals surface area contributed by atoms with E-state index in [9.17, 15) is 4.79 Å². The van der Waals surface area contributed by atoms with Crippen LogP contribution in [0.25, 0.3) is 0 Å². The van der Waals surface area contributed by atoms with Crippen LogP contribution in [0.2, 0.25) is 0 Å². The van der Waals surface area contributed by atoms with Gasteiger partial charge in [-0.15, -0.1) is 0 Å². The summed E-state index contributed by atoms with van der Waals surface area (Å²) in [5.74, 6) is 0.317. The second-order valence-electron chi connectivity index (χ2n) is 3.54. The van der Waals surface area contributed by atoms with Gasteiger partial charge in [0.2, 0.25) is 0 Å². The van der Waals surface area contributed by atoms with Crippen molar-refractivity contribution < 1.29 is 4.79 Å². The Morgan fingerprint density at radius 3 is 2.33 bits per heavy atom. The van der Waals surface area contributed by atoms with Crippen LogP contribution in [-0.2, 0) is 4.79 Å². The summed E-state index contributed by atoms with van der Waals surface area (Å²) in [5, 5.41) is 0. The maximum Gasteiger partial charge on any atom is 0.172 e. The fourth-order valence-corrected chi connectivity index (χ4v) is 0.915. The number of hydrogen-bond donors (Lipinski definition) is 1. The second-order valence-corrected chi connectivity index (χ2v) is 3.54. The molecule has 0 aliphatic heterocycles. The average Bonchev–Trinajstić information content (AvgIpc) is 2.00. The van der Waals surface area contributed by atoms with Crippen molar-refractivity contribution >= 4 is 5.78 Å². The minimum atomic E-state index is -0.329. The smallest absolute Gasteiger partial charge is 0.172 e. The Bertz CT molecular complexity index is 180. The number of carbonyl (C=O) groups excluding carboxylic acids is 1. The van der Waals surface area contributed by atoms with E-state index in [4.69, 9.17) is 5.73 Å². The van der Waals surface area contributed by atoms with Crippen molar-refractivity contribution in [2.24, 2.45) is 11.7 Å². The van der Waals surface area contributed by atoms with E-state index in [1.165, 1.54) is 0 Å². The summed E-state index contributed by atoms with van der Waals surface area (Å²) in [4.78, 5) is 11.4. The summed E-state index contributed by atoms with van der Waals surface area (Å²) in [5.41, 5.74) is 6.74. The van der Waals surface area contributed by atoms with Gasteiger partial charge in [0.05, 0.1) is 6.04 Å². The number of rotatable bonds is 4. The molecule has 0 radical (unpaired) electrons. The zero-order valence-electron chi connectivity index (χ0n) is 8.42. The first-order valence-electron chi connectivity index (χ1n) is 4.43. The lowest BCUT2D eigenvalue weighted by atomic mass is 9.95. The molecule has 0 aromatic heterocycles. The maximum atomic E-state index is 11.4. The zero-order chi connectivity index (χ0) is 9.72. The van der Waals surface area contributed by atoms with Crippen LogP contribution >= 0.6 is 0 Å². The monoisotopic (exact) mass is 169 g/mol. The first-order valence-corrected chi connectivity index (χ1v) is 4.43. The molecule has 2 heteroatoms. The molecule has 0 heterocycles. The summed E-state index contributed by atoms with van der Waals surface area (Å²) in [6.45, 7) is 7.85. The van der Waals surface area contributed by atoms with E-state index in [0.717, 1.165) is 12.0 Å². The lowest BCUT2D eigenvalue weighted by molar-refractivity contribution is -0.116. The number of allylic oxidation sites excluding steroid dienone is 1. The Morgan fingerprint density at radius 2 is 2.00 bits per heavy atom. The lowest BCUT2D eigenvalue weighted by Crippen LogP contribution is -2.35. The minimum Gasteiger partial charge on any atom is -0.321 e. The quantitative estimate of drug-likeness (QED) is 0.653. The molecule has 0 amide bonds. The Balaban J connectivity index is 4.20. The highest BCUT2D eigenvalue weighted by Gasteiger charge is 2.16. The summed E-state index contributed by atoms with van der Waals surface area (Å²) < 4.78 is 0. The van der Waals surface area contributed by atoms with Gasteiger partial charge in [-0.25, -0.2) is 0 Å². The Morgan fingerprint density at radius 1 is 1.50 bits per heavy atom. The third kappa shape index (κ3) is 3.67. The van der Waals surface area contributed by atoms with Gasteiger partial charge in [-0.3, -0.25) is 4.79 Å². The van der Waals surface area contributed by atoms with Gasteiger partial charge in [-0.05, 0) is 25.8 Å². The van der Waals surface area contributed by atoms with E-state index in [1.54, 1.807) is 6.08 Å². The molecular formula is C10H19NO. The first-order chi connectivity index (χ1) is 5.49. The van der Waals surface area contributed by atoms with Crippen LogP contribution in [0.15, 0.2) is 11.6 Å². The Labute approximate surface area is 74.8 Å². The van der Waals surface area contributed by atoms with Gasteiger partial charge in [-0.2, -0.15) is 0 Å². The van der Waals surface area contributed by atoms with Gasteiger partial charge in [0.1, 0.15) is 0 Å². The van der Waals surface area contributed by atoms with Crippen molar-refractivity contribution in [3.63, 3.8) is 0 Å². The molecule has 0 aromatic carbocycles. The van der Waals surface area contributed by atoms with E-state index in [2.05, 4.69) is 0 Å². The number of ketones is 1. The van der Waals surface area contributed by atoms with E-state index >= 15 is 0 Å². The summed E-state index contributed by atoms with van der Waals surface area (Å²) in [6.07, 6.45) is 2.57. The highest BCUT2D eigenvalue weighted by Crippen LogP contribution is 2.07. The van der Waals surface area contributed by atoms with Crippen molar-refractivity contribution in [2.75, 3.05) is 0 Å². The van der Waals surface area contributed by atoms with Crippen LogP contribution in [0.1, 0.15) is 34.1 Å². The summed E-state index contributed by atoms with van der Waals surface area (Å²) >= 11 is 0. The molecule has 2 unspecified atom stereocenters. The molecule has 2 nitrogen and oxygen atoms in total. The number of hydrogen-bond acceptors (Lipinski definition) is 2. The lowest BCUT2D eigenvalue weighted by Gasteiger charge is -2.14. The van der Waals surface area contributed by atoms with Crippen molar-refractivity contribution in [1.82, 2.24) is 0 Å². The van der Waals surface area contributed by atoms with Crippen molar-refractivity contribution in [2.45, 2.75) is 40.2 Å². The molecule has 0 aromatic rings. The van der Waals surface area contributed by atoms with E-state index in [0.29, 0.717) is 0 Å². The van der Waals surface area contributed by atoms with E-state index in [1.807, 2.05) is 27.7 Å². The standard InChI is InChI=1S/C10H19NO/c1-5-8(4)10(11)9(12)6-7(2)3/h6,8,10H,5,11H2,1-4H3. The van der Waals surface area contributed by atoms with Crippen LogP contribution in [0, 0.1) is 5.92 Å². The van der Waals surface area contributed by atoms with Gasteiger partial charge >= 0.3 is 0 Å². The maximum absolute atomic E-state index is 11.4. The number of carbonyl (C=O) groups is 1. The fourth-order valence-electron chi connectivity index (χ4n) is 0.915. The highest BCUT2D eigenvalue weighted by atomic mass is 16.1. The van der Waals surface area contributed by atoms with Gasteiger partial charge < -0.3 is 5.73 Å². The van der Waals surface area contributed by atoms with Crippen LogP contribution in [0.3, 0.4) is 0 Å². The molecule has 0 saturated heterocycles. The fraction of sp³-hybridized carbons (Fsp3) is 0.700. The molecule has 2 N–H and O–H groups in total. The molecule has 70 valence electrons.